The maximum Gasteiger partial charge on any atom is 0.313 e. The number of ether oxygens (including phenoxy) is 2. The van der Waals surface area contributed by atoms with E-state index >= 15 is 0 Å². The Morgan fingerprint density at radius 2 is 1.68 bits per heavy atom. The first-order valence-corrected chi connectivity index (χ1v) is 19.5. The molecule has 0 aromatic rings. The molecule has 2 fully saturated rings. The van der Waals surface area contributed by atoms with E-state index in [1.54, 1.807) is 6.92 Å². The summed E-state index contributed by atoms with van der Waals surface area (Å²) in [5.41, 5.74) is -1.24. The Morgan fingerprint density at radius 1 is 1.00 bits per heavy atom. The SMILES string of the molecule is COC(=O)C12CC(=O)C(C(C)C)CC(=O)C(C)CCCC(C)CC(=O)C1CC(C)=C1C(O)CC(C)(O)C(Cl)CCC3(C)OC3CCC(C)=CC12. The van der Waals surface area contributed by atoms with Gasteiger partial charge in [0.15, 0.2) is 0 Å². The third kappa shape index (κ3) is 8.66. The van der Waals surface area contributed by atoms with Crippen LogP contribution in [0.3, 0.4) is 0 Å². The minimum absolute atomic E-state index is 0.0170. The van der Waals surface area contributed by atoms with E-state index < -0.39 is 46.2 Å². The summed E-state index contributed by atoms with van der Waals surface area (Å²) < 4.78 is 11.7. The van der Waals surface area contributed by atoms with Crippen LogP contribution in [-0.4, -0.2) is 69.4 Å². The Morgan fingerprint density at radius 3 is 2.32 bits per heavy atom. The first kappa shape index (κ1) is 40.9. The van der Waals surface area contributed by atoms with Crippen molar-refractivity contribution in [3.05, 3.63) is 22.8 Å². The molecule has 1 aliphatic heterocycles. The monoisotopic (exact) mass is 718 g/mol. The molecule has 3 aliphatic carbocycles. The van der Waals surface area contributed by atoms with Crippen molar-refractivity contribution < 1.29 is 38.9 Å². The predicted molar refractivity (Wildman–Crippen MR) is 195 cm³/mol. The third-order valence-electron chi connectivity index (χ3n) is 12.8. The molecule has 1 heterocycles. The molecule has 50 heavy (non-hydrogen) atoms. The van der Waals surface area contributed by atoms with Crippen LogP contribution in [0.4, 0.5) is 0 Å². The highest BCUT2D eigenvalue weighted by Crippen LogP contribution is 2.56. The summed E-state index contributed by atoms with van der Waals surface area (Å²) in [5, 5.41) is 23.2. The number of hydrogen-bond donors (Lipinski definition) is 2. The number of esters is 1. The summed E-state index contributed by atoms with van der Waals surface area (Å²) in [4.78, 5) is 57.5. The Kier molecular flexibility index (Phi) is 13.1. The zero-order valence-corrected chi connectivity index (χ0v) is 32.7. The van der Waals surface area contributed by atoms with Crippen LogP contribution in [0, 0.1) is 40.9 Å². The third-order valence-corrected chi connectivity index (χ3v) is 13.5. The van der Waals surface area contributed by atoms with Crippen molar-refractivity contribution in [2.45, 2.75) is 161 Å². The largest absolute Gasteiger partial charge is 0.469 e. The molecule has 4 rings (SSSR count). The first-order valence-electron chi connectivity index (χ1n) is 19.0. The fourth-order valence-electron chi connectivity index (χ4n) is 9.30. The average Bonchev–Trinajstić information content (AvgIpc) is 3.69. The van der Waals surface area contributed by atoms with Crippen molar-refractivity contribution in [2.75, 3.05) is 7.11 Å². The number of alkyl halides is 1. The topological polar surface area (TPSA) is 130 Å². The normalized spacial score (nSPS) is 41.6. The number of methoxy groups -OCH3 is 1. The Labute approximate surface area is 305 Å². The van der Waals surface area contributed by atoms with Crippen molar-refractivity contribution >= 4 is 34.9 Å². The number of carbonyl (C=O) groups is 4. The van der Waals surface area contributed by atoms with Crippen LogP contribution in [0.2, 0.25) is 0 Å². The molecule has 1 saturated carbocycles. The Balaban J connectivity index is 1.97. The highest BCUT2D eigenvalue weighted by molar-refractivity contribution is 6.21. The highest BCUT2D eigenvalue weighted by atomic mass is 35.5. The van der Waals surface area contributed by atoms with Gasteiger partial charge in [0.1, 0.15) is 17.3 Å². The summed E-state index contributed by atoms with van der Waals surface area (Å²) >= 11 is 6.85. The molecule has 11 atom stereocenters. The van der Waals surface area contributed by atoms with Crippen LogP contribution >= 0.6 is 11.6 Å². The number of carbonyl (C=O) groups excluding carboxylic acids is 4. The second kappa shape index (κ2) is 16.0. The quantitative estimate of drug-likeness (QED) is 0.130. The molecule has 0 spiro atoms. The molecule has 9 heteroatoms. The van der Waals surface area contributed by atoms with Gasteiger partial charge >= 0.3 is 5.97 Å². The summed E-state index contributed by atoms with van der Waals surface area (Å²) in [6.07, 6.45) is 5.68. The van der Waals surface area contributed by atoms with Gasteiger partial charge in [0.2, 0.25) is 0 Å². The number of halogens is 1. The van der Waals surface area contributed by atoms with Crippen LogP contribution < -0.4 is 0 Å². The summed E-state index contributed by atoms with van der Waals surface area (Å²) in [6.45, 7) is 15.3. The van der Waals surface area contributed by atoms with Crippen LogP contribution in [0.5, 0.6) is 0 Å². The molecule has 8 nitrogen and oxygen atoms in total. The zero-order valence-electron chi connectivity index (χ0n) is 32.0. The van der Waals surface area contributed by atoms with Crippen molar-refractivity contribution in [3.63, 3.8) is 0 Å². The van der Waals surface area contributed by atoms with Crippen LogP contribution in [0.25, 0.3) is 0 Å². The lowest BCUT2D eigenvalue weighted by atomic mass is 9.52. The molecule has 1 saturated heterocycles. The lowest BCUT2D eigenvalue weighted by Crippen LogP contribution is -2.55. The van der Waals surface area contributed by atoms with E-state index in [0.29, 0.717) is 31.3 Å². The van der Waals surface area contributed by atoms with E-state index in [1.165, 1.54) is 7.11 Å². The van der Waals surface area contributed by atoms with Gasteiger partial charge in [-0.25, -0.2) is 0 Å². The maximum atomic E-state index is 14.7. The van der Waals surface area contributed by atoms with Gasteiger partial charge in [-0.1, -0.05) is 57.8 Å². The number of rotatable bonds is 2. The molecule has 0 bridgehead atoms. The number of aliphatic hydroxyl groups is 2. The van der Waals surface area contributed by atoms with E-state index in [2.05, 4.69) is 6.92 Å². The van der Waals surface area contributed by atoms with Gasteiger partial charge in [0.25, 0.3) is 0 Å². The number of Topliss-reactive ketones (excluding diaryl/α,β-unsaturated/α-hetero) is 3. The molecule has 0 aromatic heterocycles. The van der Waals surface area contributed by atoms with E-state index in [-0.39, 0.29) is 78.9 Å². The lowest BCUT2D eigenvalue weighted by molar-refractivity contribution is -0.166. The molecule has 0 amide bonds. The van der Waals surface area contributed by atoms with Crippen LogP contribution in [0.1, 0.15) is 132 Å². The molecular formula is C41H63ClO8. The molecule has 282 valence electrons. The van der Waals surface area contributed by atoms with Crippen molar-refractivity contribution in [1.82, 2.24) is 0 Å². The molecule has 4 aliphatic rings. The molecule has 0 aromatic carbocycles. The zero-order chi connectivity index (χ0) is 37.3. The van der Waals surface area contributed by atoms with Gasteiger partial charge in [0.05, 0.1) is 41.3 Å². The number of fused-ring (bicyclic) bond motifs is 4. The lowest BCUT2D eigenvalue weighted by Gasteiger charge is -2.49. The molecule has 11 unspecified atom stereocenters. The van der Waals surface area contributed by atoms with Gasteiger partial charge in [-0.05, 0) is 83.6 Å². The summed E-state index contributed by atoms with van der Waals surface area (Å²) in [5.74, 6) is -3.73. The predicted octanol–water partition coefficient (Wildman–Crippen LogP) is 7.49. The van der Waals surface area contributed by atoms with E-state index in [9.17, 15) is 29.4 Å². The smallest absolute Gasteiger partial charge is 0.313 e. The standard InChI is InChI=1S/C41H63ClO8/c1-23(2)28-20-31(43)26(5)12-10-11-24(3)18-32(44)29-19-27(6)37-30(41(29,22-33(28)45)38(47)49-9)17-25(4)13-14-36-40(8,50-36)16-15-35(42)39(7,48)21-34(37)46/h17,23-24,26,28-30,34-36,46,48H,10-16,18-22H2,1-9H3. The second-order valence-electron chi connectivity index (χ2n) is 17.3. The Hall–Kier alpha value is -1.87. The van der Waals surface area contributed by atoms with Crippen molar-refractivity contribution in [1.29, 1.82) is 0 Å². The van der Waals surface area contributed by atoms with Crippen molar-refractivity contribution in [3.8, 4) is 0 Å². The summed E-state index contributed by atoms with van der Waals surface area (Å²) in [6, 6.07) is 0. The van der Waals surface area contributed by atoms with E-state index in [0.717, 1.165) is 30.4 Å². The van der Waals surface area contributed by atoms with E-state index in [1.807, 2.05) is 47.6 Å². The fourth-order valence-corrected chi connectivity index (χ4v) is 9.50. The van der Waals surface area contributed by atoms with Gasteiger partial charge < -0.3 is 19.7 Å². The summed E-state index contributed by atoms with van der Waals surface area (Å²) in [7, 11) is 1.29. The average molecular weight is 719 g/mol. The molecule has 0 radical (unpaired) electrons. The van der Waals surface area contributed by atoms with Gasteiger partial charge in [0, 0.05) is 49.4 Å². The highest BCUT2D eigenvalue weighted by Gasteiger charge is 2.60. The molecular weight excluding hydrogens is 656 g/mol. The van der Waals surface area contributed by atoms with Crippen molar-refractivity contribution in [2.24, 2.45) is 40.9 Å². The fraction of sp³-hybridized carbons (Fsp3) is 0.805. The van der Waals surface area contributed by atoms with Gasteiger partial charge in [-0.3, -0.25) is 19.2 Å². The number of hydrogen-bond acceptors (Lipinski definition) is 8. The minimum atomic E-state index is -1.67. The van der Waals surface area contributed by atoms with Gasteiger partial charge in [-0.2, -0.15) is 0 Å². The Bertz CT molecular complexity index is 1360. The number of allylic oxidation sites excluding steroid dienone is 3. The number of aliphatic hydroxyl groups excluding tert-OH is 1. The first-order chi connectivity index (χ1) is 23.3. The van der Waals surface area contributed by atoms with Crippen LogP contribution in [-0.2, 0) is 28.7 Å². The minimum Gasteiger partial charge on any atom is -0.469 e. The number of ketones is 3. The van der Waals surface area contributed by atoms with Gasteiger partial charge in [-0.15, -0.1) is 11.6 Å². The molecule has 2 N–H and O–H groups in total. The van der Waals surface area contributed by atoms with E-state index in [4.69, 9.17) is 21.1 Å². The van der Waals surface area contributed by atoms with Crippen LogP contribution in [0.15, 0.2) is 22.8 Å². The second-order valence-corrected chi connectivity index (χ2v) is 17.9. The maximum absolute atomic E-state index is 14.7. The number of epoxide rings is 1.